The number of thiophene rings is 2. The van der Waals surface area contributed by atoms with Crippen LogP contribution in [0.15, 0.2) is 58.6 Å². The molecule has 136 valence electrons. The molecule has 0 fully saturated rings. The molecule has 4 nitrogen and oxygen atoms in total. The SMILES string of the molecule is CN(C)C(CNC(=O)c1cccc(OCc2cccs2)c1)c1ccsc1. The van der Waals surface area contributed by atoms with E-state index in [9.17, 15) is 4.79 Å². The number of rotatable bonds is 8. The highest BCUT2D eigenvalue weighted by molar-refractivity contribution is 7.09. The molecule has 1 atom stereocenters. The van der Waals surface area contributed by atoms with Gasteiger partial charge in [-0.15, -0.1) is 11.3 Å². The van der Waals surface area contributed by atoms with Crippen molar-refractivity contribution in [3.8, 4) is 5.75 Å². The van der Waals surface area contributed by atoms with Crippen molar-refractivity contribution in [1.82, 2.24) is 10.2 Å². The fraction of sp³-hybridized carbons (Fsp3) is 0.250. The Balaban J connectivity index is 1.59. The van der Waals surface area contributed by atoms with Gasteiger partial charge in [0.15, 0.2) is 0 Å². The lowest BCUT2D eigenvalue weighted by molar-refractivity contribution is 0.0941. The van der Waals surface area contributed by atoms with Crippen LogP contribution in [0.3, 0.4) is 0 Å². The van der Waals surface area contributed by atoms with E-state index in [4.69, 9.17) is 4.74 Å². The zero-order valence-electron chi connectivity index (χ0n) is 14.8. The summed E-state index contributed by atoms with van der Waals surface area (Å²) in [6, 6.07) is 13.6. The first-order chi connectivity index (χ1) is 12.6. The first-order valence-corrected chi connectivity index (χ1v) is 10.2. The summed E-state index contributed by atoms with van der Waals surface area (Å²) in [7, 11) is 4.04. The average molecular weight is 387 g/mol. The summed E-state index contributed by atoms with van der Waals surface area (Å²) >= 11 is 3.32. The van der Waals surface area contributed by atoms with Gasteiger partial charge in [-0.2, -0.15) is 11.3 Å². The summed E-state index contributed by atoms with van der Waals surface area (Å²) in [6.07, 6.45) is 0. The molecule has 3 aromatic rings. The molecular formula is C20H22N2O2S2. The van der Waals surface area contributed by atoms with Crippen molar-refractivity contribution in [1.29, 1.82) is 0 Å². The Kier molecular flexibility index (Phi) is 6.44. The smallest absolute Gasteiger partial charge is 0.251 e. The van der Waals surface area contributed by atoms with Crippen LogP contribution in [0.4, 0.5) is 0 Å². The van der Waals surface area contributed by atoms with Gasteiger partial charge in [0.25, 0.3) is 5.91 Å². The largest absolute Gasteiger partial charge is 0.488 e. The molecule has 26 heavy (non-hydrogen) atoms. The third kappa shape index (κ3) is 4.94. The molecule has 1 amide bonds. The van der Waals surface area contributed by atoms with E-state index in [0.717, 1.165) is 4.88 Å². The van der Waals surface area contributed by atoms with Crippen LogP contribution in [0.1, 0.15) is 26.8 Å². The molecule has 2 aromatic heterocycles. The zero-order valence-corrected chi connectivity index (χ0v) is 16.5. The fourth-order valence-corrected chi connectivity index (χ4v) is 3.95. The predicted octanol–water partition coefficient (Wildman–Crippen LogP) is 4.42. The Bertz CT molecular complexity index is 814. The highest BCUT2D eigenvalue weighted by Gasteiger charge is 2.16. The van der Waals surface area contributed by atoms with Crippen LogP contribution in [-0.2, 0) is 6.61 Å². The fourth-order valence-electron chi connectivity index (χ4n) is 2.63. The van der Waals surface area contributed by atoms with Gasteiger partial charge in [0.2, 0.25) is 0 Å². The molecule has 0 spiro atoms. The predicted molar refractivity (Wildman–Crippen MR) is 108 cm³/mol. The lowest BCUT2D eigenvalue weighted by Crippen LogP contribution is -2.34. The number of nitrogens with one attached hydrogen (secondary N) is 1. The quantitative estimate of drug-likeness (QED) is 0.623. The molecule has 1 unspecified atom stereocenters. The summed E-state index contributed by atoms with van der Waals surface area (Å²) < 4.78 is 5.79. The van der Waals surface area contributed by atoms with Crippen LogP contribution < -0.4 is 10.1 Å². The van der Waals surface area contributed by atoms with Gasteiger partial charge < -0.3 is 15.0 Å². The highest BCUT2D eigenvalue weighted by Crippen LogP contribution is 2.21. The Morgan fingerprint density at radius 3 is 2.77 bits per heavy atom. The summed E-state index contributed by atoms with van der Waals surface area (Å²) in [5, 5.41) is 9.24. The number of amides is 1. The van der Waals surface area contributed by atoms with Gasteiger partial charge >= 0.3 is 0 Å². The number of hydrogen-bond acceptors (Lipinski definition) is 5. The summed E-state index contributed by atoms with van der Waals surface area (Å²) in [6.45, 7) is 1.08. The van der Waals surface area contributed by atoms with Crippen LogP contribution in [0.25, 0.3) is 0 Å². The van der Waals surface area contributed by atoms with Gasteiger partial charge in [0.05, 0.1) is 6.04 Å². The minimum Gasteiger partial charge on any atom is -0.488 e. The molecule has 0 aliphatic rings. The van der Waals surface area contributed by atoms with Gasteiger partial charge in [0.1, 0.15) is 12.4 Å². The summed E-state index contributed by atoms with van der Waals surface area (Å²) in [5.41, 5.74) is 1.82. The maximum Gasteiger partial charge on any atom is 0.251 e. The summed E-state index contributed by atoms with van der Waals surface area (Å²) in [5.74, 6) is 0.613. The number of carbonyl (C=O) groups is 1. The lowest BCUT2D eigenvalue weighted by Gasteiger charge is -2.24. The van der Waals surface area contributed by atoms with Crippen LogP contribution >= 0.6 is 22.7 Å². The molecule has 3 rings (SSSR count). The minimum atomic E-state index is -0.0892. The van der Waals surface area contributed by atoms with Crippen molar-refractivity contribution >= 4 is 28.6 Å². The number of likely N-dealkylation sites (N-methyl/N-ethyl adjacent to an activating group) is 1. The average Bonchev–Trinajstić information content (AvgIpc) is 3.34. The van der Waals surface area contributed by atoms with Crippen molar-refractivity contribution in [2.75, 3.05) is 20.6 Å². The Hall–Kier alpha value is -2.15. The second-order valence-corrected chi connectivity index (χ2v) is 7.95. The van der Waals surface area contributed by atoms with E-state index in [2.05, 4.69) is 27.0 Å². The van der Waals surface area contributed by atoms with E-state index in [1.54, 1.807) is 28.7 Å². The van der Waals surface area contributed by atoms with E-state index < -0.39 is 0 Å². The van der Waals surface area contributed by atoms with Gasteiger partial charge in [0, 0.05) is 17.0 Å². The van der Waals surface area contributed by atoms with Crippen LogP contribution in [0, 0.1) is 0 Å². The van der Waals surface area contributed by atoms with Crippen molar-refractivity contribution in [2.24, 2.45) is 0 Å². The Morgan fingerprint density at radius 2 is 2.08 bits per heavy atom. The molecule has 0 aliphatic carbocycles. The maximum atomic E-state index is 12.5. The molecule has 2 heterocycles. The Labute approximate surface area is 162 Å². The van der Waals surface area contributed by atoms with Crippen LogP contribution in [0.5, 0.6) is 5.75 Å². The first-order valence-electron chi connectivity index (χ1n) is 8.35. The third-order valence-electron chi connectivity index (χ3n) is 4.06. The van der Waals surface area contributed by atoms with Crippen molar-refractivity contribution in [3.05, 3.63) is 74.6 Å². The van der Waals surface area contributed by atoms with Crippen molar-refractivity contribution in [2.45, 2.75) is 12.6 Å². The standard InChI is InChI=1S/C20H22N2O2S2/c1-22(2)19(16-8-10-25-14-16)12-21-20(23)15-5-3-6-17(11-15)24-13-18-7-4-9-26-18/h3-11,14,19H,12-13H2,1-2H3,(H,21,23). The zero-order chi connectivity index (χ0) is 18.4. The molecule has 1 N–H and O–H groups in total. The van der Waals surface area contributed by atoms with E-state index in [1.165, 1.54) is 5.56 Å². The maximum absolute atomic E-state index is 12.5. The molecule has 0 aliphatic heterocycles. The third-order valence-corrected chi connectivity index (χ3v) is 5.62. The number of carbonyl (C=O) groups excluding carboxylic acids is 1. The topological polar surface area (TPSA) is 41.6 Å². The molecule has 0 radical (unpaired) electrons. The molecule has 0 bridgehead atoms. The Morgan fingerprint density at radius 1 is 1.19 bits per heavy atom. The first kappa shape index (κ1) is 18.6. The van der Waals surface area contributed by atoms with Gasteiger partial charge in [-0.3, -0.25) is 4.79 Å². The van der Waals surface area contributed by atoms with Crippen molar-refractivity contribution in [3.63, 3.8) is 0 Å². The highest BCUT2D eigenvalue weighted by atomic mass is 32.1. The van der Waals surface area contributed by atoms with E-state index >= 15 is 0 Å². The monoisotopic (exact) mass is 386 g/mol. The van der Waals surface area contributed by atoms with Gasteiger partial charge in [-0.1, -0.05) is 12.1 Å². The molecule has 6 heteroatoms. The number of ether oxygens (including phenoxy) is 1. The van der Waals surface area contributed by atoms with Crippen LogP contribution in [0.2, 0.25) is 0 Å². The lowest BCUT2D eigenvalue weighted by atomic mass is 10.1. The minimum absolute atomic E-state index is 0.0892. The van der Waals surface area contributed by atoms with Crippen molar-refractivity contribution < 1.29 is 9.53 Å². The number of hydrogen-bond donors (Lipinski definition) is 1. The van der Waals surface area contributed by atoms with Gasteiger partial charge in [-0.25, -0.2) is 0 Å². The molecule has 0 saturated carbocycles. The second-order valence-electron chi connectivity index (χ2n) is 6.14. The number of nitrogens with zero attached hydrogens (tertiary/aromatic N) is 1. The van der Waals surface area contributed by atoms with E-state index in [1.807, 2.05) is 49.8 Å². The van der Waals surface area contributed by atoms with E-state index in [0.29, 0.717) is 24.5 Å². The van der Waals surface area contributed by atoms with Crippen LogP contribution in [-0.4, -0.2) is 31.4 Å². The van der Waals surface area contributed by atoms with E-state index in [-0.39, 0.29) is 11.9 Å². The summed E-state index contributed by atoms with van der Waals surface area (Å²) in [4.78, 5) is 15.8. The molecule has 1 aromatic carbocycles. The second kappa shape index (κ2) is 8.98. The molecular weight excluding hydrogens is 364 g/mol. The van der Waals surface area contributed by atoms with Gasteiger partial charge in [-0.05, 0) is 66.1 Å². The number of benzene rings is 1. The molecule has 0 saturated heterocycles. The normalized spacial score (nSPS) is 12.1.